The van der Waals surface area contributed by atoms with Crippen LogP contribution in [0.5, 0.6) is 0 Å². The number of rotatable bonds is 8. The van der Waals surface area contributed by atoms with Gasteiger partial charge >= 0.3 is 5.97 Å². The molecule has 1 rings (SSSR count). The first-order valence-corrected chi connectivity index (χ1v) is 7.26. The van der Waals surface area contributed by atoms with Crippen LogP contribution in [0.15, 0.2) is 18.2 Å². The molecule has 0 bridgehead atoms. The van der Waals surface area contributed by atoms with Gasteiger partial charge in [-0.05, 0) is 19.4 Å². The normalized spacial score (nSPS) is 10.0. The second kappa shape index (κ2) is 8.72. The molecule has 0 atom stereocenters. The number of carbonyl (C=O) groups excluding carboxylic acids is 2. The number of esters is 1. The smallest absolute Gasteiger partial charge is 0.305 e. The fourth-order valence-electron chi connectivity index (χ4n) is 1.97. The summed E-state index contributed by atoms with van der Waals surface area (Å²) < 4.78 is 4.79. The van der Waals surface area contributed by atoms with E-state index in [0.29, 0.717) is 18.7 Å². The summed E-state index contributed by atoms with van der Waals surface area (Å²) in [5.41, 5.74) is 0.658. The zero-order valence-corrected chi connectivity index (χ0v) is 13.5. The van der Waals surface area contributed by atoms with E-state index in [-0.39, 0.29) is 30.2 Å². The predicted molar refractivity (Wildman–Crippen MR) is 85.6 cm³/mol. The summed E-state index contributed by atoms with van der Waals surface area (Å²) in [5, 5.41) is 13.5. The van der Waals surface area contributed by atoms with Gasteiger partial charge in [-0.1, -0.05) is 0 Å². The second-order valence-corrected chi connectivity index (χ2v) is 5.02. The third-order valence-corrected chi connectivity index (χ3v) is 3.07. The maximum absolute atomic E-state index is 12.2. The van der Waals surface area contributed by atoms with Crippen molar-refractivity contribution in [3.05, 3.63) is 33.9 Å². The van der Waals surface area contributed by atoms with Gasteiger partial charge < -0.3 is 15.0 Å². The molecule has 1 N–H and O–H groups in total. The molecular formula is C15H21N3O5. The number of non-ortho nitro benzene ring substituents is 1. The van der Waals surface area contributed by atoms with Crippen LogP contribution in [0, 0.1) is 10.1 Å². The van der Waals surface area contributed by atoms with Crippen LogP contribution in [0.1, 0.15) is 30.1 Å². The number of anilines is 1. The van der Waals surface area contributed by atoms with Gasteiger partial charge in [0, 0.05) is 44.9 Å². The first kappa shape index (κ1) is 18.4. The predicted octanol–water partition coefficient (Wildman–Crippen LogP) is 1.73. The van der Waals surface area contributed by atoms with Crippen molar-refractivity contribution in [3.63, 3.8) is 0 Å². The van der Waals surface area contributed by atoms with E-state index >= 15 is 0 Å². The topological polar surface area (TPSA) is 102 Å². The van der Waals surface area contributed by atoms with E-state index in [4.69, 9.17) is 4.74 Å². The number of nitro groups is 1. The van der Waals surface area contributed by atoms with E-state index in [9.17, 15) is 19.7 Å². The molecule has 0 saturated heterocycles. The van der Waals surface area contributed by atoms with E-state index in [0.717, 1.165) is 0 Å². The molecular weight excluding hydrogens is 302 g/mol. The number of hydrogen-bond acceptors (Lipinski definition) is 6. The van der Waals surface area contributed by atoms with Crippen LogP contribution in [0.4, 0.5) is 11.4 Å². The van der Waals surface area contributed by atoms with Gasteiger partial charge in [0.25, 0.3) is 11.6 Å². The molecule has 8 nitrogen and oxygen atoms in total. The van der Waals surface area contributed by atoms with Gasteiger partial charge in [0.05, 0.1) is 17.1 Å². The number of carbonyl (C=O) groups is 2. The van der Waals surface area contributed by atoms with Gasteiger partial charge in [-0.3, -0.25) is 19.7 Å². The van der Waals surface area contributed by atoms with E-state index in [1.165, 1.54) is 18.2 Å². The molecule has 23 heavy (non-hydrogen) atoms. The van der Waals surface area contributed by atoms with Gasteiger partial charge in [0.15, 0.2) is 0 Å². The number of nitrogens with one attached hydrogen (secondary N) is 1. The average Bonchev–Trinajstić information content (AvgIpc) is 2.50. The Kier molecular flexibility index (Phi) is 6.98. The fourth-order valence-corrected chi connectivity index (χ4v) is 1.97. The molecule has 0 spiro atoms. The summed E-state index contributed by atoms with van der Waals surface area (Å²) in [6, 6.07) is 4.13. The van der Waals surface area contributed by atoms with Crippen molar-refractivity contribution in [1.82, 2.24) is 5.32 Å². The summed E-state index contributed by atoms with van der Waals surface area (Å²) in [7, 11) is 3.50. The van der Waals surface area contributed by atoms with Crippen LogP contribution in [-0.2, 0) is 9.53 Å². The Morgan fingerprint density at radius 2 is 2.04 bits per heavy atom. The minimum Gasteiger partial charge on any atom is -0.466 e. The molecule has 0 aromatic heterocycles. The van der Waals surface area contributed by atoms with E-state index < -0.39 is 10.8 Å². The lowest BCUT2D eigenvalue weighted by Gasteiger charge is -2.17. The molecule has 0 aliphatic carbocycles. The molecule has 0 aliphatic rings. The second-order valence-electron chi connectivity index (χ2n) is 5.02. The van der Waals surface area contributed by atoms with Crippen LogP contribution in [0.2, 0.25) is 0 Å². The minimum absolute atomic E-state index is 0.146. The van der Waals surface area contributed by atoms with E-state index in [2.05, 4.69) is 5.32 Å². The Morgan fingerprint density at radius 1 is 1.35 bits per heavy atom. The summed E-state index contributed by atoms with van der Waals surface area (Å²) in [6.45, 7) is 2.34. The summed E-state index contributed by atoms with van der Waals surface area (Å²) in [4.78, 5) is 35.5. The van der Waals surface area contributed by atoms with Crippen molar-refractivity contribution in [2.75, 3.05) is 32.1 Å². The van der Waals surface area contributed by atoms with Gasteiger partial charge in [-0.2, -0.15) is 0 Å². The van der Waals surface area contributed by atoms with Crippen molar-refractivity contribution in [3.8, 4) is 0 Å². The van der Waals surface area contributed by atoms with Crippen LogP contribution in [0.25, 0.3) is 0 Å². The molecule has 8 heteroatoms. The Hall–Kier alpha value is -2.64. The average molecular weight is 323 g/mol. The number of nitro benzene ring substituents is 1. The Labute approximate surface area is 134 Å². The number of benzene rings is 1. The first-order valence-electron chi connectivity index (χ1n) is 7.26. The minimum atomic E-state index is -0.545. The highest BCUT2D eigenvalue weighted by Gasteiger charge is 2.17. The standard InChI is InChI=1S/C15H21N3O5/c1-4-23-14(19)6-5-9-16-15(20)12-10-11(18(21)22)7-8-13(12)17(2)3/h7-8,10H,4-6,9H2,1-3H3,(H,16,20). The SMILES string of the molecule is CCOC(=O)CCCNC(=O)c1cc([N+](=O)[O-])ccc1N(C)C. The van der Waals surface area contributed by atoms with Crippen molar-refractivity contribution in [2.45, 2.75) is 19.8 Å². The highest BCUT2D eigenvalue weighted by atomic mass is 16.6. The van der Waals surface area contributed by atoms with Gasteiger partial charge in [0.2, 0.25) is 0 Å². The molecule has 0 fully saturated rings. The Bertz CT molecular complexity index is 586. The zero-order valence-electron chi connectivity index (χ0n) is 13.5. The largest absolute Gasteiger partial charge is 0.466 e. The molecule has 0 saturated carbocycles. The van der Waals surface area contributed by atoms with Crippen LogP contribution in [-0.4, -0.2) is 44.0 Å². The van der Waals surface area contributed by atoms with Crippen LogP contribution < -0.4 is 10.2 Å². The molecule has 0 heterocycles. The first-order chi connectivity index (χ1) is 10.9. The fraction of sp³-hybridized carbons (Fsp3) is 0.467. The lowest BCUT2D eigenvalue weighted by molar-refractivity contribution is -0.384. The summed E-state index contributed by atoms with van der Waals surface area (Å²) >= 11 is 0. The maximum Gasteiger partial charge on any atom is 0.305 e. The molecule has 0 unspecified atom stereocenters. The monoisotopic (exact) mass is 323 g/mol. The van der Waals surface area contributed by atoms with Crippen molar-refractivity contribution in [2.24, 2.45) is 0 Å². The van der Waals surface area contributed by atoms with Crippen molar-refractivity contribution >= 4 is 23.3 Å². The lowest BCUT2D eigenvalue weighted by atomic mass is 10.1. The number of hydrogen-bond donors (Lipinski definition) is 1. The molecule has 126 valence electrons. The Balaban J connectivity index is 2.72. The van der Waals surface area contributed by atoms with Gasteiger partial charge in [0.1, 0.15) is 0 Å². The van der Waals surface area contributed by atoms with Crippen LogP contribution >= 0.6 is 0 Å². The zero-order chi connectivity index (χ0) is 17.4. The maximum atomic E-state index is 12.2. The van der Waals surface area contributed by atoms with E-state index in [1.807, 2.05) is 0 Å². The third-order valence-electron chi connectivity index (χ3n) is 3.07. The number of nitrogens with zero attached hydrogens (tertiary/aromatic N) is 2. The lowest BCUT2D eigenvalue weighted by Crippen LogP contribution is -2.27. The van der Waals surface area contributed by atoms with Gasteiger partial charge in [-0.15, -0.1) is 0 Å². The van der Waals surface area contributed by atoms with Gasteiger partial charge in [-0.25, -0.2) is 0 Å². The van der Waals surface area contributed by atoms with Crippen molar-refractivity contribution < 1.29 is 19.2 Å². The summed E-state index contributed by atoms with van der Waals surface area (Å²) in [6.07, 6.45) is 0.653. The third kappa shape index (κ3) is 5.57. The molecule has 1 aromatic rings. The van der Waals surface area contributed by atoms with Crippen molar-refractivity contribution in [1.29, 1.82) is 0 Å². The highest BCUT2D eigenvalue weighted by Crippen LogP contribution is 2.24. The summed E-state index contributed by atoms with van der Waals surface area (Å²) in [5.74, 6) is -0.729. The number of amides is 1. The van der Waals surface area contributed by atoms with Crippen LogP contribution in [0.3, 0.4) is 0 Å². The highest BCUT2D eigenvalue weighted by molar-refractivity contribution is 6.00. The molecule has 0 aliphatic heterocycles. The molecule has 0 radical (unpaired) electrons. The Morgan fingerprint density at radius 3 is 2.61 bits per heavy atom. The van der Waals surface area contributed by atoms with E-state index in [1.54, 1.807) is 25.9 Å². The molecule has 1 aromatic carbocycles. The number of ether oxygens (including phenoxy) is 1. The molecule has 1 amide bonds. The quantitative estimate of drug-likeness (QED) is 0.338.